The molecular formula is C27H35N3. The van der Waals surface area contributed by atoms with Gasteiger partial charge in [-0.3, -0.25) is 0 Å². The number of imidazole rings is 1. The number of rotatable bonds is 7. The van der Waals surface area contributed by atoms with Gasteiger partial charge in [-0.1, -0.05) is 68.0 Å². The van der Waals surface area contributed by atoms with Crippen LogP contribution in [0.15, 0.2) is 60.2 Å². The molecule has 3 unspecified atom stereocenters. The molecule has 0 bridgehead atoms. The Morgan fingerprint density at radius 2 is 1.87 bits per heavy atom. The highest BCUT2D eigenvalue weighted by Gasteiger charge is 2.31. The molecule has 2 N–H and O–H groups in total. The van der Waals surface area contributed by atoms with E-state index in [1.165, 1.54) is 23.1 Å². The number of H-pyrrole nitrogens is 1. The number of hydrogen-bond donors (Lipinski definition) is 2. The summed E-state index contributed by atoms with van der Waals surface area (Å²) in [5.41, 5.74) is 6.40. The maximum atomic E-state index is 4.92. The van der Waals surface area contributed by atoms with Crippen LogP contribution in [0, 0.1) is 30.6 Å². The number of para-hydroxylation sites is 1. The van der Waals surface area contributed by atoms with Crippen molar-refractivity contribution in [2.24, 2.45) is 23.7 Å². The number of fused-ring (bicyclic) bond motifs is 1. The summed E-state index contributed by atoms with van der Waals surface area (Å²) >= 11 is 0. The van der Waals surface area contributed by atoms with Crippen LogP contribution < -0.4 is 5.32 Å². The summed E-state index contributed by atoms with van der Waals surface area (Å²) in [5.74, 6) is 3.68. The highest BCUT2D eigenvalue weighted by molar-refractivity contribution is 5.78. The van der Waals surface area contributed by atoms with Gasteiger partial charge in [-0.05, 0) is 61.1 Å². The van der Waals surface area contributed by atoms with Gasteiger partial charge >= 0.3 is 0 Å². The van der Waals surface area contributed by atoms with Crippen molar-refractivity contribution >= 4 is 11.0 Å². The van der Waals surface area contributed by atoms with Crippen LogP contribution in [0.25, 0.3) is 11.0 Å². The Bertz CT molecular complexity index is 999. The molecular weight excluding hydrogens is 366 g/mol. The normalized spacial score (nSPS) is 21.9. The van der Waals surface area contributed by atoms with Crippen LogP contribution in [-0.2, 0) is 13.0 Å². The third-order valence-corrected chi connectivity index (χ3v) is 6.84. The summed E-state index contributed by atoms with van der Waals surface area (Å²) in [5, 5.41) is 3.70. The molecule has 0 spiro atoms. The van der Waals surface area contributed by atoms with Crippen molar-refractivity contribution < 1.29 is 0 Å². The Hall–Kier alpha value is -2.39. The first-order valence-corrected chi connectivity index (χ1v) is 11.4. The third-order valence-electron chi connectivity index (χ3n) is 6.84. The Kier molecular flexibility index (Phi) is 6.38. The van der Waals surface area contributed by atoms with Crippen molar-refractivity contribution in [3.63, 3.8) is 0 Å². The molecule has 1 aliphatic carbocycles. The fourth-order valence-electron chi connectivity index (χ4n) is 5.04. The minimum atomic E-state index is 0.573. The van der Waals surface area contributed by atoms with E-state index in [1.807, 2.05) is 0 Å². The van der Waals surface area contributed by atoms with Crippen molar-refractivity contribution in [2.75, 3.05) is 6.54 Å². The molecule has 1 aromatic heterocycles. The molecule has 3 atom stereocenters. The van der Waals surface area contributed by atoms with E-state index in [9.17, 15) is 0 Å². The predicted octanol–water partition coefficient (Wildman–Crippen LogP) is 6.06. The van der Waals surface area contributed by atoms with Crippen molar-refractivity contribution in [3.8, 4) is 0 Å². The lowest BCUT2D eigenvalue weighted by Crippen LogP contribution is -2.34. The van der Waals surface area contributed by atoms with Gasteiger partial charge in [0.15, 0.2) is 0 Å². The molecule has 0 radical (unpaired) electrons. The minimum absolute atomic E-state index is 0.573. The summed E-state index contributed by atoms with van der Waals surface area (Å²) in [6, 6.07) is 17.1. The summed E-state index contributed by atoms with van der Waals surface area (Å²) < 4.78 is 0. The van der Waals surface area contributed by atoms with Crippen LogP contribution in [0.2, 0.25) is 0 Å². The van der Waals surface area contributed by atoms with Crippen molar-refractivity contribution in [2.45, 2.75) is 47.1 Å². The van der Waals surface area contributed by atoms with Crippen LogP contribution in [0.5, 0.6) is 0 Å². The van der Waals surface area contributed by atoms with E-state index < -0.39 is 0 Å². The maximum Gasteiger partial charge on any atom is 0.107 e. The molecule has 0 saturated heterocycles. The number of aryl methyl sites for hydroxylation is 1. The summed E-state index contributed by atoms with van der Waals surface area (Å²) in [4.78, 5) is 8.48. The number of nitrogens with one attached hydrogen (secondary N) is 2. The van der Waals surface area contributed by atoms with Gasteiger partial charge in [0.2, 0.25) is 0 Å². The molecule has 3 nitrogen and oxygen atoms in total. The van der Waals surface area contributed by atoms with E-state index in [4.69, 9.17) is 4.98 Å². The zero-order valence-electron chi connectivity index (χ0n) is 18.8. The Morgan fingerprint density at radius 3 is 2.60 bits per heavy atom. The molecule has 1 aliphatic rings. The standard InChI is InChI=1S/C27H35N3/c1-18(2)24-14-22(15-26-29-25-12-8-9-19(3)27(25)30-26)20(4)13-23(24)17-28-16-21-10-6-5-7-11-21/h5-13,18,22-24,28H,14-17H2,1-4H3,(H,29,30). The summed E-state index contributed by atoms with van der Waals surface area (Å²) in [7, 11) is 0. The highest BCUT2D eigenvalue weighted by Crippen LogP contribution is 2.38. The molecule has 30 heavy (non-hydrogen) atoms. The zero-order valence-corrected chi connectivity index (χ0v) is 18.8. The Morgan fingerprint density at radius 1 is 1.07 bits per heavy atom. The first kappa shape index (κ1) is 20.9. The SMILES string of the molecule is CC1=CC(CNCc2ccccc2)C(C(C)C)CC1Cc1nc2c(C)cccc2[nH]1. The predicted molar refractivity (Wildman–Crippen MR) is 126 cm³/mol. The number of allylic oxidation sites excluding steroid dienone is 1. The molecule has 0 saturated carbocycles. The fraction of sp³-hybridized carbons (Fsp3) is 0.444. The smallest absolute Gasteiger partial charge is 0.107 e. The summed E-state index contributed by atoms with van der Waals surface area (Å²) in [6.45, 7) is 11.2. The highest BCUT2D eigenvalue weighted by atomic mass is 14.9. The van der Waals surface area contributed by atoms with E-state index in [0.717, 1.165) is 36.4 Å². The average molecular weight is 402 g/mol. The minimum Gasteiger partial charge on any atom is -0.342 e. The molecule has 3 aromatic rings. The number of hydrogen-bond acceptors (Lipinski definition) is 2. The average Bonchev–Trinajstić information content (AvgIpc) is 3.14. The van der Waals surface area contributed by atoms with E-state index in [-0.39, 0.29) is 0 Å². The topological polar surface area (TPSA) is 40.7 Å². The Labute approximate surface area is 181 Å². The van der Waals surface area contributed by atoms with Gasteiger partial charge in [-0.25, -0.2) is 4.98 Å². The van der Waals surface area contributed by atoms with Gasteiger partial charge in [-0.15, -0.1) is 0 Å². The first-order valence-electron chi connectivity index (χ1n) is 11.4. The zero-order chi connectivity index (χ0) is 21.1. The number of benzene rings is 2. The lowest BCUT2D eigenvalue weighted by Gasteiger charge is -2.37. The molecule has 2 aromatic carbocycles. The van der Waals surface area contributed by atoms with Gasteiger partial charge in [0, 0.05) is 19.5 Å². The van der Waals surface area contributed by atoms with Crippen LogP contribution in [0.4, 0.5) is 0 Å². The van der Waals surface area contributed by atoms with E-state index in [0.29, 0.717) is 23.7 Å². The van der Waals surface area contributed by atoms with Crippen LogP contribution in [0.1, 0.15) is 44.1 Å². The molecule has 0 fully saturated rings. The van der Waals surface area contributed by atoms with Crippen molar-refractivity contribution in [1.29, 1.82) is 0 Å². The Balaban J connectivity index is 1.45. The monoisotopic (exact) mass is 401 g/mol. The second-order valence-electron chi connectivity index (χ2n) is 9.39. The van der Waals surface area contributed by atoms with Gasteiger partial charge in [-0.2, -0.15) is 0 Å². The van der Waals surface area contributed by atoms with E-state index in [2.05, 4.69) is 92.6 Å². The second kappa shape index (κ2) is 9.18. The van der Waals surface area contributed by atoms with Crippen LogP contribution in [-0.4, -0.2) is 16.5 Å². The lowest BCUT2D eigenvalue weighted by atomic mass is 9.70. The van der Waals surface area contributed by atoms with Crippen molar-refractivity contribution in [1.82, 2.24) is 15.3 Å². The third kappa shape index (κ3) is 4.67. The molecule has 3 heteroatoms. The van der Waals surface area contributed by atoms with Gasteiger partial charge < -0.3 is 10.3 Å². The first-order chi connectivity index (χ1) is 14.5. The van der Waals surface area contributed by atoms with Crippen molar-refractivity contribution in [3.05, 3.63) is 77.1 Å². The van der Waals surface area contributed by atoms with E-state index >= 15 is 0 Å². The summed E-state index contributed by atoms with van der Waals surface area (Å²) in [6.07, 6.45) is 4.79. The van der Waals surface area contributed by atoms with Gasteiger partial charge in [0.1, 0.15) is 5.82 Å². The molecule has 1 heterocycles. The van der Waals surface area contributed by atoms with E-state index in [1.54, 1.807) is 0 Å². The molecule has 0 aliphatic heterocycles. The number of aromatic nitrogens is 2. The largest absolute Gasteiger partial charge is 0.342 e. The molecule has 0 amide bonds. The van der Waals surface area contributed by atoms with Gasteiger partial charge in [0.25, 0.3) is 0 Å². The van der Waals surface area contributed by atoms with Crippen LogP contribution in [0.3, 0.4) is 0 Å². The fourth-order valence-corrected chi connectivity index (χ4v) is 5.04. The number of nitrogens with zero attached hydrogens (tertiary/aromatic N) is 1. The number of aromatic amines is 1. The molecule has 4 rings (SSSR count). The lowest BCUT2D eigenvalue weighted by molar-refractivity contribution is 0.221. The van der Waals surface area contributed by atoms with Gasteiger partial charge in [0.05, 0.1) is 11.0 Å². The molecule has 158 valence electrons. The quantitative estimate of drug-likeness (QED) is 0.473. The maximum absolute atomic E-state index is 4.92. The second-order valence-corrected chi connectivity index (χ2v) is 9.39. The van der Waals surface area contributed by atoms with Crippen LogP contribution >= 0.6 is 0 Å².